The molecule has 1 aliphatic rings. The maximum Gasteiger partial charge on any atom is -0.00191 e. The SMILES string of the molecule is CCC(C)CCC1CCN(C)CC1. The molecular formula is C12H25N. The Bertz CT molecular complexity index is 125. The molecule has 1 heteroatoms. The van der Waals surface area contributed by atoms with Crippen LogP contribution >= 0.6 is 0 Å². The van der Waals surface area contributed by atoms with Crippen molar-refractivity contribution in [3.8, 4) is 0 Å². The first kappa shape index (κ1) is 11.0. The van der Waals surface area contributed by atoms with Crippen molar-refractivity contribution < 1.29 is 0 Å². The summed E-state index contributed by atoms with van der Waals surface area (Å²) in [5.41, 5.74) is 0. The molecule has 1 heterocycles. The molecule has 1 aliphatic heterocycles. The smallest absolute Gasteiger partial charge is 0.00191 e. The second kappa shape index (κ2) is 5.64. The zero-order valence-electron chi connectivity index (χ0n) is 9.55. The largest absolute Gasteiger partial charge is 0.306 e. The Hall–Kier alpha value is -0.0400. The topological polar surface area (TPSA) is 3.24 Å². The highest BCUT2D eigenvalue weighted by atomic mass is 15.1. The fraction of sp³-hybridized carbons (Fsp3) is 1.00. The van der Waals surface area contributed by atoms with Gasteiger partial charge < -0.3 is 4.90 Å². The van der Waals surface area contributed by atoms with Crippen LogP contribution in [0.15, 0.2) is 0 Å². The predicted octanol–water partition coefficient (Wildman–Crippen LogP) is 3.15. The average molecular weight is 183 g/mol. The summed E-state index contributed by atoms with van der Waals surface area (Å²) in [5.74, 6) is 1.98. The first-order chi connectivity index (χ1) is 6.22. The lowest BCUT2D eigenvalue weighted by atomic mass is 9.89. The van der Waals surface area contributed by atoms with E-state index in [1.165, 1.54) is 45.2 Å². The Labute approximate surface area is 83.5 Å². The first-order valence-corrected chi connectivity index (χ1v) is 5.91. The van der Waals surface area contributed by atoms with Gasteiger partial charge in [0, 0.05) is 0 Å². The van der Waals surface area contributed by atoms with Crippen LogP contribution in [0.5, 0.6) is 0 Å². The van der Waals surface area contributed by atoms with Gasteiger partial charge in [0.15, 0.2) is 0 Å². The van der Waals surface area contributed by atoms with Gasteiger partial charge in [-0.2, -0.15) is 0 Å². The predicted molar refractivity (Wildman–Crippen MR) is 58.9 cm³/mol. The summed E-state index contributed by atoms with van der Waals surface area (Å²) in [6, 6.07) is 0. The minimum atomic E-state index is 0.944. The minimum absolute atomic E-state index is 0.944. The Morgan fingerprint density at radius 3 is 2.46 bits per heavy atom. The molecule has 78 valence electrons. The van der Waals surface area contributed by atoms with E-state index in [1.54, 1.807) is 0 Å². The maximum atomic E-state index is 2.46. The number of rotatable bonds is 4. The molecule has 13 heavy (non-hydrogen) atoms. The van der Waals surface area contributed by atoms with Crippen LogP contribution in [0.2, 0.25) is 0 Å². The van der Waals surface area contributed by atoms with E-state index in [0.29, 0.717) is 0 Å². The van der Waals surface area contributed by atoms with Crippen molar-refractivity contribution in [2.24, 2.45) is 11.8 Å². The second-order valence-corrected chi connectivity index (χ2v) is 4.84. The summed E-state index contributed by atoms with van der Waals surface area (Å²) < 4.78 is 0. The normalized spacial score (nSPS) is 23.3. The summed E-state index contributed by atoms with van der Waals surface area (Å²) in [5, 5.41) is 0. The molecule has 0 saturated carbocycles. The zero-order valence-corrected chi connectivity index (χ0v) is 9.55. The van der Waals surface area contributed by atoms with Gasteiger partial charge in [0.2, 0.25) is 0 Å². The summed E-state index contributed by atoms with van der Waals surface area (Å²) >= 11 is 0. The molecule has 1 rings (SSSR count). The fourth-order valence-electron chi connectivity index (χ4n) is 2.08. The first-order valence-electron chi connectivity index (χ1n) is 5.91. The summed E-state index contributed by atoms with van der Waals surface area (Å²) in [7, 11) is 2.24. The number of piperidine rings is 1. The van der Waals surface area contributed by atoms with Crippen LogP contribution in [0, 0.1) is 11.8 Å². The standard InChI is InChI=1S/C12H25N/c1-4-11(2)5-6-12-7-9-13(3)10-8-12/h11-12H,4-10H2,1-3H3. The van der Waals surface area contributed by atoms with Crippen LogP contribution < -0.4 is 0 Å². The molecule has 0 aromatic rings. The molecule has 0 amide bonds. The molecular weight excluding hydrogens is 158 g/mol. The summed E-state index contributed by atoms with van der Waals surface area (Å²) in [4.78, 5) is 2.46. The number of likely N-dealkylation sites (tertiary alicyclic amines) is 1. The monoisotopic (exact) mass is 183 g/mol. The van der Waals surface area contributed by atoms with Gasteiger partial charge in [-0.25, -0.2) is 0 Å². The van der Waals surface area contributed by atoms with Gasteiger partial charge in [-0.05, 0) is 44.8 Å². The van der Waals surface area contributed by atoms with Gasteiger partial charge in [0.05, 0.1) is 0 Å². The quantitative estimate of drug-likeness (QED) is 0.647. The van der Waals surface area contributed by atoms with E-state index in [9.17, 15) is 0 Å². The second-order valence-electron chi connectivity index (χ2n) is 4.84. The molecule has 0 radical (unpaired) electrons. The molecule has 0 aromatic carbocycles. The van der Waals surface area contributed by atoms with Crippen molar-refractivity contribution in [2.75, 3.05) is 20.1 Å². The highest BCUT2D eigenvalue weighted by molar-refractivity contribution is 4.70. The summed E-state index contributed by atoms with van der Waals surface area (Å²) in [6.07, 6.45) is 7.15. The Morgan fingerprint density at radius 1 is 1.31 bits per heavy atom. The molecule has 0 spiro atoms. The van der Waals surface area contributed by atoms with Gasteiger partial charge in [0.1, 0.15) is 0 Å². The maximum absolute atomic E-state index is 2.46. The van der Waals surface area contributed by atoms with Crippen LogP contribution in [0.4, 0.5) is 0 Å². The van der Waals surface area contributed by atoms with E-state index in [-0.39, 0.29) is 0 Å². The van der Waals surface area contributed by atoms with Gasteiger partial charge >= 0.3 is 0 Å². The molecule has 0 N–H and O–H groups in total. The van der Waals surface area contributed by atoms with Gasteiger partial charge in [0.25, 0.3) is 0 Å². The minimum Gasteiger partial charge on any atom is -0.306 e. The van der Waals surface area contributed by atoms with E-state index in [1.807, 2.05) is 0 Å². The van der Waals surface area contributed by atoms with Crippen molar-refractivity contribution in [1.82, 2.24) is 4.90 Å². The molecule has 1 fully saturated rings. The van der Waals surface area contributed by atoms with Crippen molar-refractivity contribution in [1.29, 1.82) is 0 Å². The van der Waals surface area contributed by atoms with Crippen LogP contribution in [0.3, 0.4) is 0 Å². The highest BCUT2D eigenvalue weighted by Crippen LogP contribution is 2.23. The van der Waals surface area contributed by atoms with Crippen molar-refractivity contribution >= 4 is 0 Å². The fourth-order valence-corrected chi connectivity index (χ4v) is 2.08. The average Bonchev–Trinajstić information content (AvgIpc) is 2.16. The molecule has 0 bridgehead atoms. The van der Waals surface area contributed by atoms with Crippen molar-refractivity contribution in [3.05, 3.63) is 0 Å². The number of hydrogen-bond donors (Lipinski definition) is 0. The molecule has 1 nitrogen and oxygen atoms in total. The van der Waals surface area contributed by atoms with Crippen LogP contribution in [0.1, 0.15) is 46.0 Å². The lowest BCUT2D eigenvalue weighted by Gasteiger charge is -2.29. The third-order valence-corrected chi connectivity index (χ3v) is 3.60. The Balaban J connectivity index is 2.08. The van der Waals surface area contributed by atoms with Crippen LogP contribution in [-0.4, -0.2) is 25.0 Å². The molecule has 1 saturated heterocycles. The third kappa shape index (κ3) is 4.12. The van der Waals surface area contributed by atoms with E-state index in [4.69, 9.17) is 0 Å². The summed E-state index contributed by atoms with van der Waals surface area (Å²) in [6.45, 7) is 7.34. The van der Waals surface area contributed by atoms with Crippen LogP contribution in [0.25, 0.3) is 0 Å². The lowest BCUT2D eigenvalue weighted by Crippen LogP contribution is -2.30. The molecule has 1 unspecified atom stereocenters. The van der Waals surface area contributed by atoms with Crippen LogP contribution in [-0.2, 0) is 0 Å². The van der Waals surface area contributed by atoms with Crippen molar-refractivity contribution in [3.63, 3.8) is 0 Å². The van der Waals surface area contributed by atoms with Gasteiger partial charge in [-0.3, -0.25) is 0 Å². The van der Waals surface area contributed by atoms with E-state index < -0.39 is 0 Å². The molecule has 1 atom stereocenters. The Kier molecular flexibility index (Phi) is 4.79. The van der Waals surface area contributed by atoms with Gasteiger partial charge in [-0.1, -0.05) is 33.1 Å². The van der Waals surface area contributed by atoms with Crippen molar-refractivity contribution in [2.45, 2.75) is 46.0 Å². The molecule has 0 aromatic heterocycles. The number of nitrogens with zero attached hydrogens (tertiary/aromatic N) is 1. The highest BCUT2D eigenvalue weighted by Gasteiger charge is 2.16. The Morgan fingerprint density at radius 2 is 1.92 bits per heavy atom. The van der Waals surface area contributed by atoms with E-state index in [0.717, 1.165) is 11.8 Å². The third-order valence-electron chi connectivity index (χ3n) is 3.60. The molecule has 0 aliphatic carbocycles. The number of hydrogen-bond acceptors (Lipinski definition) is 1. The zero-order chi connectivity index (χ0) is 9.68. The van der Waals surface area contributed by atoms with E-state index in [2.05, 4.69) is 25.8 Å². The van der Waals surface area contributed by atoms with E-state index >= 15 is 0 Å². The van der Waals surface area contributed by atoms with Gasteiger partial charge in [-0.15, -0.1) is 0 Å². The lowest BCUT2D eigenvalue weighted by molar-refractivity contribution is 0.205.